The number of carbonyl (C=O) groups excluding carboxylic acids is 1. The fraction of sp³-hybridized carbons (Fsp3) is 0.350. The van der Waals surface area contributed by atoms with Gasteiger partial charge in [0.15, 0.2) is 0 Å². The third-order valence-corrected chi connectivity index (χ3v) is 6.58. The fourth-order valence-electron chi connectivity index (χ4n) is 3.03. The van der Waals surface area contributed by atoms with Crippen LogP contribution in [0.25, 0.3) is 0 Å². The van der Waals surface area contributed by atoms with Gasteiger partial charge in [-0.1, -0.05) is 18.2 Å². The average molecular weight is 404 g/mol. The van der Waals surface area contributed by atoms with E-state index in [0.717, 1.165) is 0 Å². The van der Waals surface area contributed by atoms with Crippen molar-refractivity contribution in [3.05, 3.63) is 60.2 Å². The summed E-state index contributed by atoms with van der Waals surface area (Å²) in [5, 5.41) is 0. The molecule has 0 amide bonds. The molecule has 0 bridgehead atoms. The monoisotopic (exact) mass is 404 g/mol. The van der Waals surface area contributed by atoms with Crippen LogP contribution in [0.5, 0.6) is 5.75 Å². The molecule has 0 saturated carbocycles. The van der Waals surface area contributed by atoms with Gasteiger partial charge in [0.2, 0.25) is 10.0 Å². The minimum atomic E-state index is -3.42. The first kappa shape index (κ1) is 20.3. The zero-order valence-electron chi connectivity index (χ0n) is 15.8. The van der Waals surface area contributed by atoms with E-state index in [0.29, 0.717) is 55.5 Å². The lowest BCUT2D eigenvalue weighted by Crippen LogP contribution is -2.49. The van der Waals surface area contributed by atoms with Gasteiger partial charge in [0.1, 0.15) is 12.4 Å². The number of piperazine rings is 1. The quantitative estimate of drug-likeness (QED) is 0.656. The normalized spacial score (nSPS) is 15.9. The van der Waals surface area contributed by atoms with Crippen molar-refractivity contribution in [2.45, 2.75) is 4.90 Å². The molecule has 2 aromatic carbocycles. The molecule has 1 heterocycles. The van der Waals surface area contributed by atoms with E-state index in [1.807, 2.05) is 0 Å². The van der Waals surface area contributed by atoms with Crippen LogP contribution in [0.3, 0.4) is 0 Å². The Kier molecular flexibility index (Phi) is 6.66. The SMILES string of the molecule is COC(=O)c1ccc(OCCN2CCN(S(=O)(=O)c3ccccc3)CC2)cc1. The van der Waals surface area contributed by atoms with Gasteiger partial charge in [0.05, 0.1) is 17.6 Å². The number of nitrogens with zero attached hydrogens (tertiary/aromatic N) is 2. The highest BCUT2D eigenvalue weighted by Crippen LogP contribution is 2.17. The third-order valence-electron chi connectivity index (χ3n) is 4.66. The summed E-state index contributed by atoms with van der Waals surface area (Å²) in [6, 6.07) is 15.3. The second kappa shape index (κ2) is 9.18. The summed E-state index contributed by atoms with van der Waals surface area (Å²) in [4.78, 5) is 13.9. The van der Waals surface area contributed by atoms with E-state index in [9.17, 15) is 13.2 Å². The molecule has 0 N–H and O–H groups in total. The lowest BCUT2D eigenvalue weighted by Gasteiger charge is -2.33. The number of rotatable bonds is 7. The lowest BCUT2D eigenvalue weighted by molar-refractivity contribution is 0.0600. The average Bonchev–Trinajstić information content (AvgIpc) is 2.74. The summed E-state index contributed by atoms with van der Waals surface area (Å²) in [6.07, 6.45) is 0. The Bertz CT molecular complexity index is 877. The Balaban J connectivity index is 1.44. The fourth-order valence-corrected chi connectivity index (χ4v) is 4.48. The summed E-state index contributed by atoms with van der Waals surface area (Å²) < 4.78 is 37.2. The molecule has 1 saturated heterocycles. The van der Waals surface area contributed by atoms with Crippen LogP contribution in [0.15, 0.2) is 59.5 Å². The highest BCUT2D eigenvalue weighted by atomic mass is 32.2. The number of benzene rings is 2. The molecule has 28 heavy (non-hydrogen) atoms. The van der Waals surface area contributed by atoms with Crippen LogP contribution in [0.2, 0.25) is 0 Å². The number of sulfonamides is 1. The topological polar surface area (TPSA) is 76.2 Å². The van der Waals surface area contributed by atoms with Crippen molar-refractivity contribution in [1.29, 1.82) is 0 Å². The van der Waals surface area contributed by atoms with E-state index in [4.69, 9.17) is 4.74 Å². The van der Waals surface area contributed by atoms with Crippen molar-refractivity contribution in [1.82, 2.24) is 9.21 Å². The predicted octanol–water partition coefficient (Wildman–Crippen LogP) is 1.86. The van der Waals surface area contributed by atoms with Crippen molar-refractivity contribution in [2.75, 3.05) is 46.4 Å². The number of hydrogen-bond acceptors (Lipinski definition) is 6. The summed E-state index contributed by atoms with van der Waals surface area (Å²) in [6.45, 7) is 3.45. The largest absolute Gasteiger partial charge is 0.492 e. The van der Waals surface area contributed by atoms with Crippen molar-refractivity contribution in [3.8, 4) is 5.75 Å². The number of methoxy groups -OCH3 is 1. The lowest BCUT2D eigenvalue weighted by atomic mass is 10.2. The molecular weight excluding hydrogens is 380 g/mol. The van der Waals surface area contributed by atoms with E-state index >= 15 is 0 Å². The Morgan fingerprint density at radius 1 is 0.964 bits per heavy atom. The third kappa shape index (κ3) is 4.89. The summed E-state index contributed by atoms with van der Waals surface area (Å²) in [5.74, 6) is 0.299. The second-order valence-electron chi connectivity index (χ2n) is 6.42. The van der Waals surface area contributed by atoms with E-state index < -0.39 is 10.0 Å². The number of esters is 1. The maximum Gasteiger partial charge on any atom is 0.337 e. The van der Waals surface area contributed by atoms with Crippen LogP contribution >= 0.6 is 0 Å². The van der Waals surface area contributed by atoms with Gasteiger partial charge >= 0.3 is 5.97 Å². The number of carbonyl (C=O) groups is 1. The molecule has 2 aromatic rings. The summed E-state index contributed by atoms with van der Waals surface area (Å²) >= 11 is 0. The zero-order valence-corrected chi connectivity index (χ0v) is 16.6. The van der Waals surface area contributed by atoms with E-state index in [2.05, 4.69) is 9.64 Å². The molecule has 3 rings (SSSR count). The van der Waals surface area contributed by atoms with E-state index in [1.165, 1.54) is 11.4 Å². The maximum absolute atomic E-state index is 12.6. The van der Waals surface area contributed by atoms with Crippen LogP contribution in [0.4, 0.5) is 0 Å². The molecule has 0 unspecified atom stereocenters. The van der Waals surface area contributed by atoms with Crippen LogP contribution in [-0.2, 0) is 14.8 Å². The molecule has 0 radical (unpaired) electrons. The number of hydrogen-bond donors (Lipinski definition) is 0. The van der Waals surface area contributed by atoms with Gasteiger partial charge in [-0.15, -0.1) is 0 Å². The first-order valence-electron chi connectivity index (χ1n) is 9.09. The molecule has 8 heteroatoms. The van der Waals surface area contributed by atoms with Crippen LogP contribution in [0.1, 0.15) is 10.4 Å². The van der Waals surface area contributed by atoms with E-state index in [-0.39, 0.29) is 5.97 Å². The number of ether oxygens (including phenoxy) is 2. The predicted molar refractivity (Wildman–Crippen MR) is 105 cm³/mol. The molecule has 1 aliphatic rings. The van der Waals surface area contributed by atoms with Gasteiger partial charge in [-0.05, 0) is 36.4 Å². The smallest absolute Gasteiger partial charge is 0.337 e. The van der Waals surface area contributed by atoms with Gasteiger partial charge in [-0.3, -0.25) is 4.90 Å². The standard InChI is InChI=1S/C20H24N2O5S/c1-26-20(23)17-7-9-18(10-8-17)27-16-15-21-11-13-22(14-12-21)28(24,25)19-5-3-2-4-6-19/h2-10H,11-16H2,1H3. The van der Waals surface area contributed by atoms with Gasteiger partial charge in [-0.2, -0.15) is 4.31 Å². The Hall–Kier alpha value is -2.42. The molecular formula is C20H24N2O5S. The van der Waals surface area contributed by atoms with Crippen LogP contribution in [0, 0.1) is 0 Å². The Labute approximate surface area is 165 Å². The molecule has 0 atom stereocenters. The molecule has 1 aliphatic heterocycles. The highest BCUT2D eigenvalue weighted by molar-refractivity contribution is 7.89. The van der Waals surface area contributed by atoms with E-state index in [1.54, 1.807) is 54.6 Å². The van der Waals surface area contributed by atoms with Gasteiger partial charge in [0, 0.05) is 32.7 Å². The maximum atomic E-state index is 12.6. The molecule has 0 spiro atoms. The van der Waals surface area contributed by atoms with Gasteiger partial charge < -0.3 is 9.47 Å². The summed E-state index contributed by atoms with van der Waals surface area (Å²) in [5.41, 5.74) is 0.477. The Morgan fingerprint density at radius 3 is 2.21 bits per heavy atom. The van der Waals surface area contributed by atoms with Crippen molar-refractivity contribution < 1.29 is 22.7 Å². The molecule has 7 nitrogen and oxygen atoms in total. The van der Waals surface area contributed by atoms with Crippen molar-refractivity contribution in [3.63, 3.8) is 0 Å². The molecule has 0 aromatic heterocycles. The first-order valence-corrected chi connectivity index (χ1v) is 10.5. The minimum absolute atomic E-state index is 0.335. The highest BCUT2D eigenvalue weighted by Gasteiger charge is 2.28. The molecule has 1 fully saturated rings. The van der Waals surface area contributed by atoms with Crippen molar-refractivity contribution >= 4 is 16.0 Å². The van der Waals surface area contributed by atoms with Crippen molar-refractivity contribution in [2.24, 2.45) is 0 Å². The van der Waals surface area contributed by atoms with Crippen LogP contribution in [-0.4, -0.2) is 70.0 Å². The molecule has 0 aliphatic carbocycles. The summed E-state index contributed by atoms with van der Waals surface area (Å²) in [7, 11) is -2.08. The molecule has 150 valence electrons. The van der Waals surface area contributed by atoms with Crippen LogP contribution < -0.4 is 4.74 Å². The van der Waals surface area contributed by atoms with Gasteiger partial charge in [0.25, 0.3) is 0 Å². The second-order valence-corrected chi connectivity index (χ2v) is 8.36. The minimum Gasteiger partial charge on any atom is -0.492 e. The Morgan fingerprint density at radius 2 is 1.61 bits per heavy atom. The zero-order chi connectivity index (χ0) is 20.0. The first-order chi connectivity index (χ1) is 13.5. The van der Waals surface area contributed by atoms with Gasteiger partial charge in [-0.25, -0.2) is 13.2 Å².